The van der Waals surface area contributed by atoms with Crippen molar-refractivity contribution in [2.24, 2.45) is 0 Å². The smallest absolute Gasteiger partial charge is 0.226 e. The predicted octanol–water partition coefficient (Wildman–Crippen LogP) is 4.00. The third-order valence-corrected chi connectivity index (χ3v) is 4.87. The lowest BCUT2D eigenvalue weighted by atomic mass is 10.1. The van der Waals surface area contributed by atoms with Gasteiger partial charge in [-0.05, 0) is 24.8 Å². The van der Waals surface area contributed by atoms with Gasteiger partial charge in [-0.25, -0.2) is 0 Å². The highest BCUT2D eigenvalue weighted by Crippen LogP contribution is 2.26. The average molecular weight is 321 g/mol. The van der Waals surface area contributed by atoms with Crippen LogP contribution in [0.1, 0.15) is 31.7 Å². The molecule has 0 unspecified atom stereocenters. The van der Waals surface area contributed by atoms with Crippen LogP contribution in [0.15, 0.2) is 34.7 Å². The maximum atomic E-state index is 11.5. The summed E-state index contributed by atoms with van der Waals surface area (Å²) in [6, 6.07) is 10.5. The normalized spacial score (nSPS) is 10.5. The van der Waals surface area contributed by atoms with E-state index in [0.29, 0.717) is 11.6 Å². The highest BCUT2D eigenvalue weighted by Gasteiger charge is 2.07. The molecule has 0 saturated heterocycles. The molecule has 4 nitrogen and oxygen atoms in total. The molecule has 21 heavy (non-hydrogen) atoms. The van der Waals surface area contributed by atoms with Crippen LogP contribution in [0.25, 0.3) is 0 Å². The number of amides is 1. The largest absolute Gasteiger partial charge is 0.301 e. The van der Waals surface area contributed by atoms with Gasteiger partial charge in [0.05, 0.1) is 0 Å². The molecule has 0 aliphatic rings. The zero-order valence-corrected chi connectivity index (χ0v) is 13.7. The van der Waals surface area contributed by atoms with Crippen molar-refractivity contribution in [3.05, 3.63) is 35.9 Å². The number of thioether (sulfide) groups is 1. The van der Waals surface area contributed by atoms with Crippen molar-refractivity contribution in [2.75, 3.05) is 11.1 Å². The van der Waals surface area contributed by atoms with Gasteiger partial charge in [0.25, 0.3) is 0 Å². The van der Waals surface area contributed by atoms with Gasteiger partial charge in [0, 0.05) is 12.2 Å². The van der Waals surface area contributed by atoms with Crippen molar-refractivity contribution in [3.63, 3.8) is 0 Å². The Kier molecular flexibility index (Phi) is 6.69. The number of hydrogen-bond acceptors (Lipinski definition) is 5. The highest BCUT2D eigenvalue weighted by molar-refractivity contribution is 8.01. The van der Waals surface area contributed by atoms with E-state index < -0.39 is 0 Å². The summed E-state index contributed by atoms with van der Waals surface area (Å²) in [5, 5.41) is 11.5. The Morgan fingerprint density at radius 3 is 2.86 bits per heavy atom. The Morgan fingerprint density at radius 2 is 2.10 bits per heavy atom. The molecule has 0 atom stereocenters. The van der Waals surface area contributed by atoms with E-state index in [9.17, 15) is 4.79 Å². The van der Waals surface area contributed by atoms with Crippen molar-refractivity contribution in [3.8, 4) is 0 Å². The molecule has 1 amide bonds. The van der Waals surface area contributed by atoms with Crippen LogP contribution in [-0.2, 0) is 11.2 Å². The summed E-state index contributed by atoms with van der Waals surface area (Å²) >= 11 is 3.14. The lowest BCUT2D eigenvalue weighted by Gasteiger charge is -1.99. The van der Waals surface area contributed by atoms with Gasteiger partial charge in [-0.15, -0.1) is 10.2 Å². The van der Waals surface area contributed by atoms with Gasteiger partial charge < -0.3 is 5.32 Å². The molecule has 0 bridgehead atoms. The highest BCUT2D eigenvalue weighted by atomic mass is 32.2. The minimum atomic E-state index is 0.00859. The summed E-state index contributed by atoms with van der Waals surface area (Å²) < 4.78 is 0.912. The van der Waals surface area contributed by atoms with Gasteiger partial charge >= 0.3 is 0 Å². The van der Waals surface area contributed by atoms with Crippen LogP contribution in [0.2, 0.25) is 0 Å². The van der Waals surface area contributed by atoms with E-state index in [-0.39, 0.29) is 5.91 Å². The molecule has 0 aliphatic carbocycles. The Hall–Kier alpha value is -1.40. The molecular weight excluding hydrogens is 302 g/mol. The van der Waals surface area contributed by atoms with Crippen molar-refractivity contribution < 1.29 is 4.79 Å². The van der Waals surface area contributed by atoms with Crippen LogP contribution in [-0.4, -0.2) is 21.9 Å². The van der Waals surface area contributed by atoms with Gasteiger partial charge in [-0.3, -0.25) is 4.79 Å². The zero-order valence-electron chi connectivity index (χ0n) is 12.0. The summed E-state index contributed by atoms with van der Waals surface area (Å²) in [7, 11) is 0. The van der Waals surface area contributed by atoms with Gasteiger partial charge in [0.15, 0.2) is 4.34 Å². The van der Waals surface area contributed by atoms with Gasteiger partial charge in [0.1, 0.15) is 0 Å². The second kappa shape index (κ2) is 8.79. The number of hydrogen-bond donors (Lipinski definition) is 1. The number of benzene rings is 1. The van der Waals surface area contributed by atoms with Crippen molar-refractivity contribution >= 4 is 34.1 Å². The molecule has 1 aromatic heterocycles. The fraction of sp³-hybridized carbons (Fsp3) is 0.400. The van der Waals surface area contributed by atoms with Gasteiger partial charge in [-0.1, -0.05) is 60.4 Å². The number of aryl methyl sites for hydroxylation is 1. The first kappa shape index (κ1) is 16.0. The van der Waals surface area contributed by atoms with E-state index in [1.54, 1.807) is 11.8 Å². The van der Waals surface area contributed by atoms with Crippen LogP contribution in [0, 0.1) is 0 Å². The Labute approximate surface area is 133 Å². The average Bonchev–Trinajstić information content (AvgIpc) is 2.92. The quantitative estimate of drug-likeness (QED) is 0.453. The summed E-state index contributed by atoms with van der Waals surface area (Å²) in [6.45, 7) is 1.98. The molecule has 2 rings (SSSR count). The van der Waals surface area contributed by atoms with Crippen LogP contribution in [0.4, 0.5) is 5.13 Å². The van der Waals surface area contributed by atoms with E-state index in [4.69, 9.17) is 0 Å². The van der Waals surface area contributed by atoms with Crippen molar-refractivity contribution in [2.45, 2.75) is 36.9 Å². The molecule has 112 valence electrons. The molecule has 1 heterocycles. The van der Waals surface area contributed by atoms with Crippen LogP contribution in [0.3, 0.4) is 0 Å². The fourth-order valence-electron chi connectivity index (χ4n) is 1.81. The third kappa shape index (κ3) is 5.85. The summed E-state index contributed by atoms with van der Waals surface area (Å²) in [6.07, 6.45) is 3.55. The first-order valence-corrected chi connectivity index (χ1v) is 8.88. The summed E-state index contributed by atoms with van der Waals surface area (Å²) in [4.78, 5) is 11.5. The van der Waals surface area contributed by atoms with Gasteiger partial charge in [0.2, 0.25) is 11.0 Å². The molecule has 1 aromatic carbocycles. The second-order valence-corrected chi connectivity index (χ2v) is 6.93. The molecule has 0 spiro atoms. The van der Waals surface area contributed by atoms with Crippen LogP contribution in [0.5, 0.6) is 0 Å². The molecular formula is C15H19N3OS2. The molecule has 1 N–H and O–H groups in total. The maximum absolute atomic E-state index is 11.5. The topological polar surface area (TPSA) is 54.9 Å². The number of carbonyl (C=O) groups excluding carboxylic acids is 1. The molecule has 0 aliphatic heterocycles. The minimum Gasteiger partial charge on any atom is -0.301 e. The monoisotopic (exact) mass is 321 g/mol. The lowest BCUT2D eigenvalue weighted by molar-refractivity contribution is -0.116. The van der Waals surface area contributed by atoms with Crippen molar-refractivity contribution in [1.29, 1.82) is 0 Å². The number of nitrogens with one attached hydrogen (secondary N) is 1. The second-order valence-electron chi connectivity index (χ2n) is 4.61. The van der Waals surface area contributed by atoms with E-state index in [1.165, 1.54) is 16.9 Å². The molecule has 0 saturated carbocycles. The lowest BCUT2D eigenvalue weighted by Crippen LogP contribution is -2.10. The van der Waals surface area contributed by atoms with Crippen LogP contribution < -0.4 is 5.32 Å². The number of anilines is 1. The minimum absolute atomic E-state index is 0.00859. The Morgan fingerprint density at radius 1 is 1.29 bits per heavy atom. The first-order chi connectivity index (χ1) is 10.3. The fourth-order valence-corrected chi connectivity index (χ4v) is 3.59. The molecule has 0 radical (unpaired) electrons. The Balaban J connectivity index is 1.69. The summed E-state index contributed by atoms with van der Waals surface area (Å²) in [5.74, 6) is 1.01. The standard InChI is InChI=1S/C15H19N3OS2/c1-2-7-13(19)16-14-17-18-15(21-14)20-11-6-10-12-8-4-3-5-9-12/h3-5,8-9H,2,6-7,10-11H2,1H3,(H,16,17,19). The zero-order chi connectivity index (χ0) is 14.9. The SMILES string of the molecule is CCCC(=O)Nc1nnc(SCCCc2ccccc2)s1. The molecule has 2 aromatic rings. The van der Waals surface area contributed by atoms with E-state index in [0.717, 1.165) is 29.4 Å². The number of nitrogens with zero attached hydrogens (tertiary/aromatic N) is 2. The molecule has 0 fully saturated rings. The maximum Gasteiger partial charge on any atom is 0.226 e. The van der Waals surface area contributed by atoms with Gasteiger partial charge in [-0.2, -0.15) is 0 Å². The number of carbonyl (C=O) groups is 1. The predicted molar refractivity (Wildman–Crippen MR) is 88.9 cm³/mol. The van der Waals surface area contributed by atoms with Crippen molar-refractivity contribution in [1.82, 2.24) is 10.2 Å². The first-order valence-electron chi connectivity index (χ1n) is 7.08. The van der Waals surface area contributed by atoms with Crippen LogP contribution >= 0.6 is 23.1 Å². The number of rotatable bonds is 8. The number of aromatic nitrogens is 2. The third-order valence-electron chi connectivity index (χ3n) is 2.81. The van der Waals surface area contributed by atoms with E-state index >= 15 is 0 Å². The van der Waals surface area contributed by atoms with E-state index in [2.05, 4.69) is 39.8 Å². The van der Waals surface area contributed by atoms with E-state index in [1.807, 2.05) is 13.0 Å². The molecule has 6 heteroatoms. The Bertz CT molecular complexity index is 557. The summed E-state index contributed by atoms with van der Waals surface area (Å²) in [5.41, 5.74) is 1.36.